The van der Waals surface area contributed by atoms with E-state index >= 15 is 0 Å². The van der Waals surface area contributed by atoms with E-state index in [-0.39, 0.29) is 0 Å². The van der Waals surface area contributed by atoms with Crippen molar-refractivity contribution in [2.45, 2.75) is 0 Å². The van der Waals surface area contributed by atoms with Gasteiger partial charge in [-0.05, 0) is 46.0 Å². The maximum atomic E-state index is 2.49. The van der Waals surface area contributed by atoms with Crippen LogP contribution in [0.1, 0.15) is 0 Å². The number of nitrogens with zero attached hydrogens (tertiary/aromatic N) is 1. The van der Waals surface area contributed by atoms with E-state index in [0.717, 1.165) is 0 Å². The molecule has 0 aliphatic rings. The van der Waals surface area contributed by atoms with Gasteiger partial charge in [-0.3, -0.25) is 0 Å². The van der Waals surface area contributed by atoms with Crippen LogP contribution in [-0.2, 0) is 0 Å². The number of hydrogen-bond acceptors (Lipinski definition) is 1. The zero-order valence-corrected chi connectivity index (χ0v) is 22.5. The topological polar surface area (TPSA) is 4.93 Å². The lowest BCUT2D eigenvalue weighted by atomic mass is 9.96. The van der Waals surface area contributed by atoms with Gasteiger partial charge in [0.15, 0.2) is 0 Å². The standard InChI is InChI=1S/C38H23NS/c1-2-11-25(12-3-1)30-23-33-35(37-36-28-17-7-5-14-26(28)21-22-34(36)40-38(30)37)29-18-8-9-19-32(29)39(33)31-20-10-15-24-13-4-6-16-27(24)31/h1-23H. The molecular weight excluding hydrogens is 502 g/mol. The van der Waals surface area contributed by atoms with Crippen LogP contribution in [0.15, 0.2) is 140 Å². The average molecular weight is 526 g/mol. The largest absolute Gasteiger partial charge is 0.309 e. The van der Waals surface area contributed by atoms with E-state index in [1.807, 2.05) is 11.3 Å². The fraction of sp³-hybridized carbons (Fsp3) is 0. The lowest BCUT2D eigenvalue weighted by Crippen LogP contribution is -1.95. The third-order valence-electron chi connectivity index (χ3n) is 8.36. The molecule has 0 aliphatic heterocycles. The Labute approximate surface area is 235 Å². The Morgan fingerprint density at radius 3 is 1.98 bits per heavy atom. The molecule has 0 aliphatic carbocycles. The van der Waals surface area contributed by atoms with Crippen molar-refractivity contribution >= 4 is 74.9 Å². The number of thiophene rings is 1. The zero-order valence-electron chi connectivity index (χ0n) is 21.6. The number of hydrogen-bond donors (Lipinski definition) is 0. The van der Waals surface area contributed by atoms with Crippen LogP contribution in [0.3, 0.4) is 0 Å². The first-order valence-electron chi connectivity index (χ1n) is 13.7. The molecule has 0 amide bonds. The monoisotopic (exact) mass is 525 g/mol. The number of benzene rings is 7. The molecule has 0 radical (unpaired) electrons. The van der Waals surface area contributed by atoms with Crippen molar-refractivity contribution in [3.05, 3.63) is 140 Å². The Hall–Kier alpha value is -4.92. The molecule has 0 bridgehead atoms. The van der Waals surface area contributed by atoms with Crippen LogP contribution < -0.4 is 0 Å². The molecule has 0 saturated carbocycles. The van der Waals surface area contributed by atoms with E-state index in [9.17, 15) is 0 Å². The van der Waals surface area contributed by atoms with Crippen molar-refractivity contribution in [1.29, 1.82) is 0 Å². The molecule has 186 valence electrons. The minimum absolute atomic E-state index is 1.21. The summed E-state index contributed by atoms with van der Waals surface area (Å²) in [5.41, 5.74) is 6.24. The lowest BCUT2D eigenvalue weighted by Gasteiger charge is -2.13. The molecular formula is C38H23NS. The third-order valence-corrected chi connectivity index (χ3v) is 9.55. The zero-order chi connectivity index (χ0) is 26.2. The summed E-state index contributed by atoms with van der Waals surface area (Å²) in [5.74, 6) is 0. The van der Waals surface area contributed by atoms with Gasteiger partial charge in [-0.25, -0.2) is 0 Å². The second-order valence-corrected chi connectivity index (χ2v) is 11.6. The van der Waals surface area contributed by atoms with Crippen molar-refractivity contribution in [3.63, 3.8) is 0 Å². The summed E-state index contributed by atoms with van der Waals surface area (Å²) < 4.78 is 5.18. The number of aromatic nitrogens is 1. The van der Waals surface area contributed by atoms with Gasteiger partial charge in [0.2, 0.25) is 0 Å². The van der Waals surface area contributed by atoms with Crippen LogP contribution in [0.5, 0.6) is 0 Å². The van der Waals surface area contributed by atoms with E-state index < -0.39 is 0 Å². The summed E-state index contributed by atoms with van der Waals surface area (Å²) in [7, 11) is 0. The summed E-state index contributed by atoms with van der Waals surface area (Å²) in [6.45, 7) is 0. The summed E-state index contributed by atoms with van der Waals surface area (Å²) in [6, 6.07) is 51.0. The van der Waals surface area contributed by atoms with Crippen LogP contribution in [-0.4, -0.2) is 4.57 Å². The predicted molar refractivity (Wildman–Crippen MR) is 174 cm³/mol. The van der Waals surface area contributed by atoms with Gasteiger partial charge in [0.25, 0.3) is 0 Å². The summed E-state index contributed by atoms with van der Waals surface area (Å²) in [5, 5.41) is 10.5. The van der Waals surface area contributed by atoms with E-state index in [1.165, 1.54) is 80.3 Å². The van der Waals surface area contributed by atoms with E-state index in [0.29, 0.717) is 0 Å². The molecule has 0 saturated heterocycles. The molecule has 0 N–H and O–H groups in total. The van der Waals surface area contributed by atoms with Crippen LogP contribution in [0.25, 0.3) is 80.3 Å². The molecule has 0 spiro atoms. The van der Waals surface area contributed by atoms with E-state index in [1.54, 1.807) is 0 Å². The quantitative estimate of drug-likeness (QED) is 0.211. The average Bonchev–Trinajstić information content (AvgIpc) is 3.57. The highest BCUT2D eigenvalue weighted by Crippen LogP contribution is 2.49. The minimum Gasteiger partial charge on any atom is -0.309 e. The molecule has 2 heterocycles. The smallest absolute Gasteiger partial charge is 0.0554 e. The first-order valence-corrected chi connectivity index (χ1v) is 14.5. The molecule has 7 aromatic carbocycles. The summed E-state index contributed by atoms with van der Waals surface area (Å²) >= 11 is 1.92. The van der Waals surface area contributed by atoms with Gasteiger partial charge in [-0.15, -0.1) is 11.3 Å². The lowest BCUT2D eigenvalue weighted by molar-refractivity contribution is 1.20. The maximum Gasteiger partial charge on any atom is 0.0554 e. The number of fused-ring (bicyclic) bond motifs is 10. The van der Waals surface area contributed by atoms with Crippen molar-refractivity contribution in [1.82, 2.24) is 4.57 Å². The van der Waals surface area contributed by atoms with Crippen LogP contribution in [0.4, 0.5) is 0 Å². The Morgan fingerprint density at radius 1 is 0.450 bits per heavy atom. The third kappa shape index (κ3) is 2.97. The van der Waals surface area contributed by atoms with Crippen LogP contribution >= 0.6 is 11.3 Å². The highest BCUT2D eigenvalue weighted by atomic mass is 32.1. The Morgan fingerprint density at radius 2 is 1.12 bits per heavy atom. The molecule has 9 aromatic rings. The van der Waals surface area contributed by atoms with Gasteiger partial charge in [0.05, 0.1) is 16.7 Å². The van der Waals surface area contributed by atoms with Crippen molar-refractivity contribution in [3.8, 4) is 16.8 Å². The summed E-state index contributed by atoms with van der Waals surface area (Å²) in [4.78, 5) is 0. The summed E-state index contributed by atoms with van der Waals surface area (Å²) in [6.07, 6.45) is 0. The van der Waals surface area contributed by atoms with Crippen LogP contribution in [0, 0.1) is 0 Å². The van der Waals surface area contributed by atoms with Gasteiger partial charge in [0, 0.05) is 41.9 Å². The highest BCUT2D eigenvalue weighted by molar-refractivity contribution is 7.26. The molecule has 0 atom stereocenters. The molecule has 0 unspecified atom stereocenters. The van der Waals surface area contributed by atoms with E-state index in [4.69, 9.17) is 0 Å². The van der Waals surface area contributed by atoms with Crippen molar-refractivity contribution < 1.29 is 0 Å². The molecule has 2 heteroatoms. The number of rotatable bonds is 2. The molecule has 40 heavy (non-hydrogen) atoms. The Balaban J connectivity index is 1.59. The van der Waals surface area contributed by atoms with Crippen molar-refractivity contribution in [2.75, 3.05) is 0 Å². The van der Waals surface area contributed by atoms with Gasteiger partial charge in [-0.1, -0.05) is 115 Å². The molecule has 9 rings (SSSR count). The van der Waals surface area contributed by atoms with E-state index in [2.05, 4.69) is 144 Å². The molecule has 0 fully saturated rings. The highest BCUT2D eigenvalue weighted by Gasteiger charge is 2.22. The second kappa shape index (κ2) is 8.29. The minimum atomic E-state index is 1.21. The first-order chi connectivity index (χ1) is 19.9. The SMILES string of the molecule is c1ccc(-c2cc3c(c4ccccc4n3-c3cccc4ccccc34)c3c2sc2ccc4ccccc4c23)cc1. The van der Waals surface area contributed by atoms with Gasteiger partial charge >= 0.3 is 0 Å². The molecule has 1 nitrogen and oxygen atoms in total. The van der Waals surface area contributed by atoms with Crippen LogP contribution in [0.2, 0.25) is 0 Å². The Bertz CT molecular complexity index is 2420. The fourth-order valence-electron chi connectivity index (χ4n) is 6.65. The second-order valence-electron chi connectivity index (χ2n) is 10.5. The Kier molecular flexibility index (Phi) is 4.55. The predicted octanol–water partition coefficient (Wildman–Crippen LogP) is 11.1. The van der Waals surface area contributed by atoms with Gasteiger partial charge < -0.3 is 4.57 Å². The van der Waals surface area contributed by atoms with Crippen molar-refractivity contribution in [2.24, 2.45) is 0 Å². The fourth-order valence-corrected chi connectivity index (χ4v) is 7.92. The number of para-hydroxylation sites is 1. The maximum absolute atomic E-state index is 2.49. The first kappa shape index (κ1) is 22.0. The normalized spacial score (nSPS) is 12.0. The van der Waals surface area contributed by atoms with Gasteiger partial charge in [-0.2, -0.15) is 0 Å². The van der Waals surface area contributed by atoms with Gasteiger partial charge in [0.1, 0.15) is 0 Å². The molecule has 2 aromatic heterocycles.